The molecule has 121 valence electrons. The number of halogens is 2. The van der Waals surface area contributed by atoms with E-state index in [-0.39, 0.29) is 30.7 Å². The normalized spacial score (nSPS) is 17.6. The molecule has 0 aromatic carbocycles. The average molecular weight is 385 g/mol. The van der Waals surface area contributed by atoms with E-state index in [1.54, 1.807) is 3.88 Å². The number of amides is 1. The Morgan fingerprint density at radius 3 is 2.05 bits per heavy atom. The van der Waals surface area contributed by atoms with Crippen molar-refractivity contribution >= 4 is 12.6 Å². The van der Waals surface area contributed by atoms with Crippen LogP contribution in [0.25, 0.3) is 0 Å². The van der Waals surface area contributed by atoms with Crippen molar-refractivity contribution in [3.05, 3.63) is 20.6 Å². The molecule has 1 rings (SSSR count). The minimum atomic E-state index is -1.58. The van der Waals surface area contributed by atoms with Crippen molar-refractivity contribution < 1.29 is 47.0 Å². The minimum absolute atomic E-state index is 0. The van der Waals surface area contributed by atoms with Crippen molar-refractivity contribution in [1.82, 2.24) is 3.80 Å². The second-order valence-corrected chi connectivity index (χ2v) is 18.6. The average Bonchev–Trinajstić information content (AvgIpc) is 2.52. The summed E-state index contributed by atoms with van der Waals surface area (Å²) >= 11 is -1.58. The number of allylic oxidation sites excluding steroid dienone is 4. The third kappa shape index (κ3) is 5.55. The fraction of sp³-hybridized carbons (Fsp3) is 0.667. The zero-order valence-electron chi connectivity index (χ0n) is 14.2. The molecule has 2 nitrogen and oxygen atoms in total. The smallest absolute Gasteiger partial charge is 1.00 e. The van der Waals surface area contributed by atoms with Gasteiger partial charge in [-0.25, -0.2) is 0 Å². The Balaban J connectivity index is 0. The second-order valence-electron chi connectivity index (χ2n) is 5.93. The molecule has 1 amide bonds. The molecule has 0 saturated heterocycles. The van der Waals surface area contributed by atoms with Gasteiger partial charge in [-0.1, -0.05) is 0 Å². The minimum Gasteiger partial charge on any atom is -1.00 e. The molecule has 1 aliphatic carbocycles. The first kappa shape index (κ1) is 23.7. The van der Waals surface area contributed by atoms with Gasteiger partial charge in [0.05, 0.1) is 0 Å². The largest absolute Gasteiger partial charge is 1.00 e. The molecular formula is C15H28Cl2NOSiTi. The first-order chi connectivity index (χ1) is 8.81. The van der Waals surface area contributed by atoms with E-state index in [9.17, 15) is 4.79 Å². The summed E-state index contributed by atoms with van der Waals surface area (Å²) in [6, 6.07) is 0. The molecule has 0 aliphatic heterocycles. The van der Waals surface area contributed by atoms with Crippen molar-refractivity contribution in [2.75, 3.05) is 0 Å². The Bertz CT molecular complexity index is 435. The number of carbonyl (C=O) groups excluding carboxylic acids is 1. The van der Waals surface area contributed by atoms with E-state index in [1.807, 2.05) is 0 Å². The Morgan fingerprint density at radius 1 is 1.19 bits per heavy atom. The van der Waals surface area contributed by atoms with Gasteiger partial charge in [0.15, 0.2) is 0 Å². The molecule has 21 heavy (non-hydrogen) atoms. The van der Waals surface area contributed by atoms with E-state index in [0.29, 0.717) is 12.3 Å². The third-order valence-electron chi connectivity index (χ3n) is 4.26. The summed E-state index contributed by atoms with van der Waals surface area (Å²) in [5.41, 5.74) is 4.46. The van der Waals surface area contributed by atoms with Crippen molar-refractivity contribution in [2.24, 2.45) is 5.92 Å². The Labute approximate surface area is 150 Å². The van der Waals surface area contributed by atoms with Crippen molar-refractivity contribution in [1.29, 1.82) is 0 Å². The molecule has 1 aliphatic rings. The van der Waals surface area contributed by atoms with Crippen LogP contribution in [0.15, 0.2) is 20.6 Å². The van der Waals surface area contributed by atoms with Gasteiger partial charge in [0.25, 0.3) is 0 Å². The van der Waals surface area contributed by atoms with Gasteiger partial charge in [-0.15, -0.1) is 0 Å². The summed E-state index contributed by atoms with van der Waals surface area (Å²) in [7, 11) is 0. The van der Waals surface area contributed by atoms with Crippen LogP contribution in [0, 0.1) is 5.92 Å². The van der Waals surface area contributed by atoms with Crippen molar-refractivity contribution in [3.8, 4) is 0 Å². The zero-order valence-corrected chi connectivity index (χ0v) is 18.5. The molecule has 6 heteroatoms. The second kappa shape index (κ2) is 10.3. The zero-order chi connectivity index (χ0) is 14.7. The van der Waals surface area contributed by atoms with Gasteiger partial charge in [-0.05, 0) is 0 Å². The Kier molecular flexibility index (Phi) is 11.6. The molecular weight excluding hydrogens is 357 g/mol. The van der Waals surface area contributed by atoms with E-state index >= 15 is 0 Å². The van der Waals surface area contributed by atoms with Gasteiger partial charge < -0.3 is 24.8 Å². The van der Waals surface area contributed by atoms with E-state index in [0.717, 1.165) is 6.42 Å². The van der Waals surface area contributed by atoms with Crippen molar-refractivity contribution in [3.63, 3.8) is 0 Å². The maximum absolute atomic E-state index is 12.0. The van der Waals surface area contributed by atoms with Crippen LogP contribution < -0.4 is 28.6 Å². The van der Waals surface area contributed by atoms with Crippen LogP contribution in [0.3, 0.4) is 0 Å². The molecule has 0 saturated carbocycles. The molecule has 0 fully saturated rings. The summed E-state index contributed by atoms with van der Waals surface area (Å²) in [6.07, 6.45) is 1.63. The standard InChI is InChI=1S/C9H13.C4H9NO.C2H7Si.2ClH.Ti/c1-6-5-7(2)9(4)8(6)3;1-2-3-4(5)6;1-3-2;;;/h6H,1-4H3;2-3H2,1H3,(H2,5,6);3H,1-2H3;2*1H;/q;;;;;+3/p-3. The molecule has 0 aromatic rings. The van der Waals surface area contributed by atoms with Crippen LogP contribution in [-0.4, -0.2) is 12.6 Å². The molecule has 0 bridgehead atoms. The maximum atomic E-state index is 12.0. The molecule has 1 N–H and O–H groups in total. The number of hydrogen-bond acceptors (Lipinski definition) is 1. The number of nitrogens with one attached hydrogen (secondary N) is 1. The van der Waals surface area contributed by atoms with Crippen molar-refractivity contribution in [2.45, 2.75) is 60.6 Å². The van der Waals surface area contributed by atoms with Gasteiger partial charge in [-0.3, -0.25) is 0 Å². The molecule has 0 spiro atoms. The number of carbonyl (C=O) groups is 1. The van der Waals surface area contributed by atoms with Crippen LogP contribution in [0.1, 0.15) is 47.5 Å². The van der Waals surface area contributed by atoms with E-state index in [4.69, 9.17) is 0 Å². The molecule has 1 atom stereocenters. The van der Waals surface area contributed by atoms with Gasteiger partial charge in [0, 0.05) is 0 Å². The van der Waals surface area contributed by atoms with Gasteiger partial charge >= 0.3 is 126 Å². The third-order valence-corrected chi connectivity index (χ3v) is 15.7. The van der Waals surface area contributed by atoms with E-state index < -0.39 is 24.0 Å². The van der Waals surface area contributed by atoms with Crippen LogP contribution in [0.5, 0.6) is 0 Å². The van der Waals surface area contributed by atoms with Gasteiger partial charge in [-0.2, -0.15) is 0 Å². The summed E-state index contributed by atoms with van der Waals surface area (Å²) in [5.74, 6) is 0.847. The van der Waals surface area contributed by atoms with Crippen LogP contribution in [0.4, 0.5) is 0 Å². The molecule has 0 radical (unpaired) electrons. The number of hydrogen-bond donors (Lipinski definition) is 1. The molecule has 1 unspecified atom stereocenters. The van der Waals surface area contributed by atoms with E-state index in [1.165, 1.54) is 16.7 Å². The fourth-order valence-corrected chi connectivity index (χ4v) is 13.4. The Morgan fingerprint density at radius 2 is 1.71 bits per heavy atom. The SMILES string of the molecule is CCCC(=O)[NH][Ti+2]([C]1=C(C)C(C)=C(C)C1C)[SiH](C)C.[Cl-].[Cl-]. The summed E-state index contributed by atoms with van der Waals surface area (Å²) in [6.45, 7) is 15.1. The fourth-order valence-electron chi connectivity index (χ4n) is 2.76. The Hall–Kier alpha value is 0.461. The predicted molar refractivity (Wildman–Crippen MR) is 82.2 cm³/mol. The molecule has 0 heterocycles. The monoisotopic (exact) mass is 384 g/mol. The summed E-state index contributed by atoms with van der Waals surface area (Å²) in [5, 5.41) is 0. The predicted octanol–water partition coefficient (Wildman–Crippen LogP) is -2.31. The topological polar surface area (TPSA) is 29.1 Å². The van der Waals surface area contributed by atoms with Gasteiger partial charge in [0.2, 0.25) is 0 Å². The van der Waals surface area contributed by atoms with Crippen LogP contribution in [0.2, 0.25) is 13.1 Å². The van der Waals surface area contributed by atoms with E-state index in [2.05, 4.69) is 51.5 Å². The van der Waals surface area contributed by atoms with Gasteiger partial charge in [0.1, 0.15) is 0 Å². The summed E-state index contributed by atoms with van der Waals surface area (Å²) in [4.78, 5) is 12.0. The summed E-state index contributed by atoms with van der Waals surface area (Å²) < 4.78 is 5.11. The van der Waals surface area contributed by atoms with Crippen LogP contribution >= 0.6 is 0 Å². The number of rotatable bonds is 5. The molecule has 0 aromatic heterocycles. The van der Waals surface area contributed by atoms with Crippen LogP contribution in [-0.2, 0) is 22.2 Å². The first-order valence-electron chi connectivity index (χ1n) is 7.36. The maximum Gasteiger partial charge on any atom is -1.00 e. The first-order valence-corrected chi connectivity index (χ1v) is 14.5. The quantitative estimate of drug-likeness (QED) is 0.530.